The van der Waals surface area contributed by atoms with Gasteiger partial charge in [-0.15, -0.1) is 0 Å². The van der Waals surface area contributed by atoms with Crippen LogP contribution in [0.5, 0.6) is 5.75 Å². The predicted molar refractivity (Wildman–Crippen MR) is 105 cm³/mol. The lowest BCUT2D eigenvalue weighted by Crippen LogP contribution is -2.39. The number of guanidine groups is 1. The topological polar surface area (TPSA) is 64.1 Å². The smallest absolute Gasteiger partial charge is 0.191 e. The summed E-state index contributed by atoms with van der Waals surface area (Å²) < 4.78 is 17.1. The molecule has 1 aromatic carbocycles. The van der Waals surface area contributed by atoms with E-state index in [9.17, 15) is 0 Å². The number of rotatable bonds is 10. The van der Waals surface area contributed by atoms with Gasteiger partial charge in [-0.05, 0) is 51.3 Å². The monoisotopic (exact) mass is 363 g/mol. The summed E-state index contributed by atoms with van der Waals surface area (Å²) in [5.41, 5.74) is 1.19. The molecule has 1 heterocycles. The highest BCUT2D eigenvalue weighted by Crippen LogP contribution is 2.14. The lowest BCUT2D eigenvalue weighted by atomic mass is 10.2. The van der Waals surface area contributed by atoms with Crippen molar-refractivity contribution in [3.63, 3.8) is 0 Å². The maximum atomic E-state index is 5.92. The molecule has 1 aromatic rings. The number of aryl methyl sites for hydroxylation is 1. The third-order valence-corrected chi connectivity index (χ3v) is 4.04. The van der Waals surface area contributed by atoms with E-state index in [4.69, 9.17) is 14.2 Å². The van der Waals surface area contributed by atoms with Gasteiger partial charge in [-0.2, -0.15) is 0 Å². The van der Waals surface area contributed by atoms with E-state index in [0.717, 1.165) is 37.7 Å². The van der Waals surface area contributed by atoms with Gasteiger partial charge >= 0.3 is 0 Å². The highest BCUT2D eigenvalue weighted by atomic mass is 16.5. The fourth-order valence-corrected chi connectivity index (χ4v) is 2.75. The van der Waals surface area contributed by atoms with Crippen LogP contribution in [0.2, 0.25) is 0 Å². The second-order valence-electron chi connectivity index (χ2n) is 6.60. The van der Waals surface area contributed by atoms with E-state index in [1.165, 1.54) is 5.56 Å². The first kappa shape index (κ1) is 20.5. The number of nitrogens with zero attached hydrogens (tertiary/aromatic N) is 1. The Balaban J connectivity index is 1.67. The van der Waals surface area contributed by atoms with Crippen LogP contribution >= 0.6 is 0 Å². The van der Waals surface area contributed by atoms with E-state index < -0.39 is 0 Å². The van der Waals surface area contributed by atoms with Gasteiger partial charge in [0.25, 0.3) is 0 Å². The van der Waals surface area contributed by atoms with Gasteiger partial charge in [0, 0.05) is 19.7 Å². The summed E-state index contributed by atoms with van der Waals surface area (Å²) in [5.74, 6) is 1.67. The average Bonchev–Trinajstić information content (AvgIpc) is 3.12. The third-order valence-electron chi connectivity index (χ3n) is 4.04. The Bertz CT molecular complexity index is 545. The molecule has 1 aliphatic heterocycles. The van der Waals surface area contributed by atoms with Crippen LogP contribution in [-0.4, -0.2) is 57.6 Å². The van der Waals surface area contributed by atoms with Crippen LogP contribution in [0.1, 0.15) is 32.3 Å². The molecule has 1 aliphatic rings. The number of hydrogen-bond acceptors (Lipinski definition) is 4. The number of aliphatic imine (C=N–C) groups is 1. The molecule has 6 nitrogen and oxygen atoms in total. The average molecular weight is 364 g/mol. The molecule has 2 unspecified atom stereocenters. The normalized spacial score (nSPS) is 18.6. The van der Waals surface area contributed by atoms with Crippen LogP contribution in [-0.2, 0) is 9.47 Å². The summed E-state index contributed by atoms with van der Waals surface area (Å²) >= 11 is 0. The second kappa shape index (κ2) is 11.8. The fraction of sp³-hybridized carbons (Fsp3) is 0.650. The molecule has 0 saturated carbocycles. The Morgan fingerprint density at radius 1 is 1.38 bits per heavy atom. The van der Waals surface area contributed by atoms with Crippen molar-refractivity contribution >= 4 is 5.96 Å². The first-order chi connectivity index (χ1) is 12.7. The van der Waals surface area contributed by atoms with Crippen molar-refractivity contribution in [2.24, 2.45) is 4.99 Å². The number of hydrogen-bond donors (Lipinski definition) is 2. The van der Waals surface area contributed by atoms with Crippen molar-refractivity contribution < 1.29 is 14.2 Å². The number of nitrogens with one attached hydrogen (secondary N) is 2. The van der Waals surface area contributed by atoms with E-state index in [2.05, 4.69) is 35.5 Å². The Morgan fingerprint density at radius 3 is 3.00 bits per heavy atom. The second-order valence-corrected chi connectivity index (χ2v) is 6.60. The minimum absolute atomic E-state index is 0.00280. The zero-order valence-corrected chi connectivity index (χ0v) is 16.3. The van der Waals surface area contributed by atoms with Crippen LogP contribution < -0.4 is 15.4 Å². The predicted octanol–water partition coefficient (Wildman–Crippen LogP) is 2.51. The van der Waals surface area contributed by atoms with Gasteiger partial charge in [-0.1, -0.05) is 12.1 Å². The lowest BCUT2D eigenvalue weighted by molar-refractivity contribution is 0.0191. The molecule has 26 heavy (non-hydrogen) atoms. The quantitative estimate of drug-likeness (QED) is 0.380. The fourth-order valence-electron chi connectivity index (χ4n) is 2.75. The maximum absolute atomic E-state index is 5.92. The summed E-state index contributed by atoms with van der Waals surface area (Å²) in [4.78, 5) is 4.60. The molecule has 2 atom stereocenters. The largest absolute Gasteiger partial charge is 0.489 e. The summed E-state index contributed by atoms with van der Waals surface area (Å²) in [5, 5.41) is 6.54. The van der Waals surface area contributed by atoms with Crippen molar-refractivity contribution in [2.75, 3.05) is 39.5 Å². The minimum atomic E-state index is 0.00280. The van der Waals surface area contributed by atoms with Gasteiger partial charge in [0.15, 0.2) is 5.96 Å². The third kappa shape index (κ3) is 8.06. The molecule has 6 heteroatoms. The summed E-state index contributed by atoms with van der Waals surface area (Å²) in [7, 11) is 0. The molecule has 0 amide bonds. The van der Waals surface area contributed by atoms with Crippen LogP contribution in [0, 0.1) is 6.92 Å². The first-order valence-electron chi connectivity index (χ1n) is 9.62. The Morgan fingerprint density at radius 2 is 2.27 bits per heavy atom. The number of ether oxygens (including phenoxy) is 3. The maximum Gasteiger partial charge on any atom is 0.191 e. The van der Waals surface area contributed by atoms with Gasteiger partial charge in [0.05, 0.1) is 25.9 Å². The zero-order chi connectivity index (χ0) is 18.6. The highest BCUT2D eigenvalue weighted by molar-refractivity contribution is 5.79. The van der Waals surface area contributed by atoms with E-state index in [0.29, 0.717) is 26.3 Å². The summed E-state index contributed by atoms with van der Waals surface area (Å²) in [6, 6.07) is 8.07. The van der Waals surface area contributed by atoms with E-state index >= 15 is 0 Å². The van der Waals surface area contributed by atoms with Crippen molar-refractivity contribution in [2.45, 2.75) is 45.8 Å². The van der Waals surface area contributed by atoms with Crippen LogP contribution in [0.4, 0.5) is 0 Å². The Hall–Kier alpha value is -1.79. The molecule has 0 spiro atoms. The van der Waals surface area contributed by atoms with Gasteiger partial charge in [-0.3, -0.25) is 0 Å². The van der Waals surface area contributed by atoms with Gasteiger partial charge in [-0.25, -0.2) is 4.99 Å². The lowest BCUT2D eigenvalue weighted by Gasteiger charge is -2.16. The Labute approximate surface area is 157 Å². The molecule has 0 aromatic heterocycles. The van der Waals surface area contributed by atoms with Gasteiger partial charge < -0.3 is 24.8 Å². The molecule has 2 rings (SSSR count). The van der Waals surface area contributed by atoms with Crippen LogP contribution in [0.25, 0.3) is 0 Å². The molecule has 0 radical (unpaired) electrons. The minimum Gasteiger partial charge on any atom is -0.489 e. The number of benzene rings is 1. The molecular formula is C20H33N3O3. The van der Waals surface area contributed by atoms with Crippen LogP contribution in [0.15, 0.2) is 29.3 Å². The molecule has 1 saturated heterocycles. The highest BCUT2D eigenvalue weighted by Gasteiger charge is 2.15. The summed E-state index contributed by atoms with van der Waals surface area (Å²) in [6.07, 6.45) is 2.53. The van der Waals surface area contributed by atoms with E-state index in [1.807, 2.05) is 25.1 Å². The van der Waals surface area contributed by atoms with Crippen molar-refractivity contribution in [3.8, 4) is 5.75 Å². The molecule has 146 valence electrons. The van der Waals surface area contributed by atoms with E-state index in [-0.39, 0.29) is 12.2 Å². The van der Waals surface area contributed by atoms with E-state index in [1.54, 1.807) is 0 Å². The molecule has 0 aliphatic carbocycles. The van der Waals surface area contributed by atoms with Gasteiger partial charge in [0.2, 0.25) is 0 Å². The van der Waals surface area contributed by atoms with Crippen molar-refractivity contribution in [1.82, 2.24) is 10.6 Å². The Kier molecular flexibility index (Phi) is 9.28. The standard InChI is InChI=1S/C20H33N3O3/c1-4-21-20(22-10-12-24-15-19-9-6-11-25-19)23-14-17(3)26-18-8-5-7-16(2)13-18/h5,7-8,13,17,19H,4,6,9-12,14-15H2,1-3H3,(H2,21,22,23). The molecule has 1 fully saturated rings. The molecule has 0 bridgehead atoms. The molecular weight excluding hydrogens is 330 g/mol. The SMILES string of the molecule is CCNC(=NCC(C)Oc1cccc(C)c1)NCCOCC1CCCO1. The van der Waals surface area contributed by atoms with Crippen molar-refractivity contribution in [1.29, 1.82) is 0 Å². The molecule has 2 N–H and O–H groups in total. The first-order valence-corrected chi connectivity index (χ1v) is 9.62. The van der Waals surface area contributed by atoms with Gasteiger partial charge in [0.1, 0.15) is 11.9 Å². The van der Waals surface area contributed by atoms with Crippen molar-refractivity contribution in [3.05, 3.63) is 29.8 Å². The van der Waals surface area contributed by atoms with Crippen LogP contribution in [0.3, 0.4) is 0 Å². The summed E-state index contributed by atoms with van der Waals surface area (Å²) in [6.45, 7) is 10.4. The zero-order valence-electron chi connectivity index (χ0n) is 16.3.